The van der Waals surface area contributed by atoms with Gasteiger partial charge in [0.2, 0.25) is 11.7 Å². The predicted molar refractivity (Wildman–Crippen MR) is 107 cm³/mol. The van der Waals surface area contributed by atoms with Gasteiger partial charge in [-0.25, -0.2) is 4.98 Å². The summed E-state index contributed by atoms with van der Waals surface area (Å²) in [5.41, 5.74) is 1.36. The Hall–Kier alpha value is -3.66. The molecule has 3 heterocycles. The molecule has 0 fully saturated rings. The third kappa shape index (κ3) is 3.97. The summed E-state index contributed by atoms with van der Waals surface area (Å²) in [4.78, 5) is 20.8. The molecular formula is C19H17N5O4S. The van der Waals surface area contributed by atoms with Crippen LogP contribution in [0, 0.1) is 0 Å². The molecule has 0 aliphatic carbocycles. The molecule has 0 saturated carbocycles. The van der Waals surface area contributed by atoms with E-state index in [4.69, 9.17) is 14.0 Å². The normalized spacial score (nSPS) is 10.7. The van der Waals surface area contributed by atoms with Crippen LogP contribution in [0.2, 0.25) is 0 Å². The van der Waals surface area contributed by atoms with E-state index in [0.29, 0.717) is 34.0 Å². The highest BCUT2D eigenvalue weighted by Gasteiger charge is 2.17. The second kappa shape index (κ2) is 8.15. The lowest BCUT2D eigenvalue weighted by Crippen LogP contribution is -2.18. The molecular weight excluding hydrogens is 394 g/mol. The van der Waals surface area contributed by atoms with Gasteiger partial charge in [-0.15, -0.1) is 11.3 Å². The Kier molecular flexibility index (Phi) is 5.25. The number of benzene rings is 1. The SMILES string of the molecule is COc1ccc(-c2noc(-c3cccn3CC(=O)Nc3nccs3)n2)cc1OC. The fourth-order valence-corrected chi connectivity index (χ4v) is 3.31. The lowest BCUT2D eigenvalue weighted by Gasteiger charge is -2.07. The number of hydrogen-bond acceptors (Lipinski definition) is 8. The Labute approximate surface area is 169 Å². The van der Waals surface area contributed by atoms with Gasteiger partial charge in [0.1, 0.15) is 12.2 Å². The van der Waals surface area contributed by atoms with Gasteiger partial charge in [0.25, 0.3) is 5.89 Å². The highest BCUT2D eigenvalue weighted by Crippen LogP contribution is 2.32. The monoisotopic (exact) mass is 411 g/mol. The summed E-state index contributed by atoms with van der Waals surface area (Å²) >= 11 is 1.36. The fourth-order valence-electron chi connectivity index (χ4n) is 2.76. The quantitative estimate of drug-likeness (QED) is 0.497. The molecule has 0 aliphatic rings. The van der Waals surface area contributed by atoms with Gasteiger partial charge < -0.3 is 23.9 Å². The van der Waals surface area contributed by atoms with Crippen LogP contribution in [0.4, 0.5) is 5.13 Å². The summed E-state index contributed by atoms with van der Waals surface area (Å²) in [6.07, 6.45) is 3.41. The number of thiazole rings is 1. The Balaban J connectivity index is 1.55. The smallest absolute Gasteiger partial charge is 0.274 e. The van der Waals surface area contributed by atoms with E-state index in [2.05, 4.69) is 20.4 Å². The maximum Gasteiger partial charge on any atom is 0.274 e. The molecule has 0 aliphatic heterocycles. The van der Waals surface area contributed by atoms with Crippen molar-refractivity contribution < 1.29 is 18.8 Å². The van der Waals surface area contributed by atoms with E-state index in [9.17, 15) is 4.79 Å². The third-order valence-electron chi connectivity index (χ3n) is 4.11. The number of anilines is 1. The zero-order chi connectivity index (χ0) is 20.2. The van der Waals surface area contributed by atoms with Crippen molar-refractivity contribution in [2.75, 3.05) is 19.5 Å². The van der Waals surface area contributed by atoms with Crippen molar-refractivity contribution in [2.45, 2.75) is 6.54 Å². The molecule has 1 N–H and O–H groups in total. The van der Waals surface area contributed by atoms with Crippen LogP contribution in [-0.2, 0) is 11.3 Å². The molecule has 0 atom stereocenters. The summed E-state index contributed by atoms with van der Waals surface area (Å²) in [7, 11) is 3.13. The van der Waals surface area contributed by atoms with E-state index in [1.54, 1.807) is 48.7 Å². The highest BCUT2D eigenvalue weighted by molar-refractivity contribution is 7.13. The maximum atomic E-state index is 12.3. The number of nitrogens with zero attached hydrogens (tertiary/aromatic N) is 4. The Morgan fingerprint density at radius 1 is 1.24 bits per heavy atom. The molecule has 3 aromatic heterocycles. The van der Waals surface area contributed by atoms with Crippen molar-refractivity contribution in [3.05, 3.63) is 48.1 Å². The van der Waals surface area contributed by atoms with Crippen LogP contribution in [0.3, 0.4) is 0 Å². The minimum absolute atomic E-state index is 0.0932. The van der Waals surface area contributed by atoms with Gasteiger partial charge >= 0.3 is 0 Å². The van der Waals surface area contributed by atoms with Crippen molar-refractivity contribution in [3.8, 4) is 34.5 Å². The number of hydrogen-bond donors (Lipinski definition) is 1. The molecule has 1 aromatic carbocycles. The number of carbonyl (C=O) groups excluding carboxylic acids is 1. The lowest BCUT2D eigenvalue weighted by atomic mass is 10.2. The number of ether oxygens (including phenoxy) is 2. The van der Waals surface area contributed by atoms with Gasteiger partial charge in [-0.2, -0.15) is 4.98 Å². The molecule has 0 radical (unpaired) electrons. The molecule has 0 unspecified atom stereocenters. The number of rotatable bonds is 7. The Morgan fingerprint density at radius 2 is 2.10 bits per heavy atom. The van der Waals surface area contributed by atoms with Crippen molar-refractivity contribution in [3.63, 3.8) is 0 Å². The number of nitrogens with one attached hydrogen (secondary N) is 1. The first kappa shape index (κ1) is 18.7. The molecule has 29 heavy (non-hydrogen) atoms. The summed E-state index contributed by atoms with van der Waals surface area (Å²) in [5, 5.41) is 9.15. The Bertz CT molecular complexity index is 1120. The van der Waals surface area contributed by atoms with Crippen LogP contribution in [0.5, 0.6) is 11.5 Å². The van der Waals surface area contributed by atoms with Gasteiger partial charge in [-0.1, -0.05) is 5.16 Å². The molecule has 1 amide bonds. The summed E-state index contributed by atoms with van der Waals surface area (Å²) in [5.74, 6) is 1.69. The molecule has 148 valence electrons. The van der Waals surface area contributed by atoms with Crippen molar-refractivity contribution in [2.24, 2.45) is 0 Å². The van der Waals surface area contributed by atoms with Crippen LogP contribution in [0.1, 0.15) is 0 Å². The molecule has 4 aromatic rings. The molecule has 0 saturated heterocycles. The van der Waals surface area contributed by atoms with Gasteiger partial charge in [0.05, 0.1) is 14.2 Å². The zero-order valence-corrected chi connectivity index (χ0v) is 16.5. The largest absolute Gasteiger partial charge is 0.493 e. The minimum Gasteiger partial charge on any atom is -0.493 e. The molecule has 10 heteroatoms. The number of methoxy groups -OCH3 is 2. The van der Waals surface area contributed by atoms with E-state index in [1.807, 2.05) is 18.2 Å². The van der Waals surface area contributed by atoms with Crippen LogP contribution in [0.25, 0.3) is 23.0 Å². The van der Waals surface area contributed by atoms with Crippen LogP contribution < -0.4 is 14.8 Å². The standard InChI is InChI=1S/C19H17N5O4S/c1-26-14-6-5-12(10-15(14)27-2)17-22-18(28-23-17)13-4-3-8-24(13)11-16(25)21-19-20-7-9-29-19/h3-10H,11H2,1-2H3,(H,20,21,25). The predicted octanol–water partition coefficient (Wildman–Crippen LogP) is 3.32. The highest BCUT2D eigenvalue weighted by atomic mass is 32.1. The Morgan fingerprint density at radius 3 is 2.86 bits per heavy atom. The maximum absolute atomic E-state index is 12.3. The first-order valence-electron chi connectivity index (χ1n) is 8.59. The first-order chi connectivity index (χ1) is 14.2. The van der Waals surface area contributed by atoms with Crippen LogP contribution in [-0.4, -0.2) is 39.8 Å². The molecule has 0 bridgehead atoms. The average molecular weight is 411 g/mol. The van der Waals surface area contributed by atoms with E-state index in [-0.39, 0.29) is 12.5 Å². The molecule has 4 rings (SSSR count). The zero-order valence-electron chi connectivity index (χ0n) is 15.7. The van der Waals surface area contributed by atoms with E-state index >= 15 is 0 Å². The third-order valence-corrected chi connectivity index (χ3v) is 4.80. The van der Waals surface area contributed by atoms with Crippen molar-refractivity contribution in [1.29, 1.82) is 0 Å². The second-order valence-corrected chi connectivity index (χ2v) is 6.79. The lowest BCUT2D eigenvalue weighted by molar-refractivity contribution is -0.116. The van der Waals surface area contributed by atoms with Crippen LogP contribution in [0.15, 0.2) is 52.6 Å². The summed E-state index contributed by atoms with van der Waals surface area (Å²) in [6.45, 7) is 0.0932. The summed E-state index contributed by atoms with van der Waals surface area (Å²) in [6, 6.07) is 8.98. The first-order valence-corrected chi connectivity index (χ1v) is 9.47. The van der Waals surface area contributed by atoms with E-state index in [1.165, 1.54) is 11.3 Å². The van der Waals surface area contributed by atoms with Gasteiger partial charge in [0, 0.05) is 23.3 Å². The minimum atomic E-state index is -0.197. The van der Waals surface area contributed by atoms with E-state index in [0.717, 1.165) is 5.56 Å². The number of aromatic nitrogens is 4. The van der Waals surface area contributed by atoms with Crippen molar-refractivity contribution >= 4 is 22.4 Å². The average Bonchev–Trinajstić information content (AvgIpc) is 3.49. The molecule has 0 spiro atoms. The fraction of sp³-hybridized carbons (Fsp3) is 0.158. The van der Waals surface area contributed by atoms with Crippen LogP contribution >= 0.6 is 11.3 Å². The van der Waals surface area contributed by atoms with Gasteiger partial charge in [-0.3, -0.25) is 4.79 Å². The number of amides is 1. The number of carbonyl (C=O) groups is 1. The summed E-state index contributed by atoms with van der Waals surface area (Å²) < 4.78 is 17.7. The van der Waals surface area contributed by atoms with Crippen molar-refractivity contribution in [1.82, 2.24) is 19.7 Å². The topological polar surface area (TPSA) is 104 Å². The van der Waals surface area contributed by atoms with E-state index < -0.39 is 0 Å². The van der Waals surface area contributed by atoms with Gasteiger partial charge in [-0.05, 0) is 30.3 Å². The van der Waals surface area contributed by atoms with Gasteiger partial charge in [0.15, 0.2) is 16.6 Å². The second-order valence-electron chi connectivity index (χ2n) is 5.90. The molecule has 9 nitrogen and oxygen atoms in total.